The van der Waals surface area contributed by atoms with E-state index in [-0.39, 0.29) is 6.04 Å². The molecule has 4 rings (SSSR count). The minimum absolute atomic E-state index is 0.201. The van der Waals surface area contributed by atoms with Crippen LogP contribution in [0.25, 0.3) is 11.6 Å². The largest absolute Gasteiger partial charge is 0.458 e. The van der Waals surface area contributed by atoms with Crippen LogP contribution in [0.4, 0.5) is 0 Å². The molecule has 0 spiro atoms. The monoisotopic (exact) mass is 378 g/mol. The van der Waals surface area contributed by atoms with Crippen LogP contribution in [0.3, 0.4) is 0 Å². The summed E-state index contributed by atoms with van der Waals surface area (Å²) in [4.78, 5) is 7.13. The van der Waals surface area contributed by atoms with Crippen molar-refractivity contribution in [2.75, 3.05) is 24.6 Å². The number of furan rings is 1. The second kappa shape index (κ2) is 6.81. The minimum atomic E-state index is -2.83. The molecule has 8 heteroatoms. The summed E-state index contributed by atoms with van der Waals surface area (Å²) in [5.41, 5.74) is 0. The predicted molar refractivity (Wildman–Crippen MR) is 98.7 cm³/mol. The van der Waals surface area contributed by atoms with E-state index in [1.54, 1.807) is 0 Å². The summed E-state index contributed by atoms with van der Waals surface area (Å²) in [5, 5.41) is 4.62. The standard InChI is InChI=1S/C18H26N4O3S/c1-3-22-18(19-17(20-22)16-5-4-13(2)25-16)14-6-9-21(10-7-14)15-8-11-26(23,24)12-15/h4-5,14-15H,3,6-12H2,1-2H3. The van der Waals surface area contributed by atoms with Gasteiger partial charge in [0.2, 0.25) is 5.82 Å². The molecule has 0 aliphatic carbocycles. The van der Waals surface area contributed by atoms with Gasteiger partial charge in [-0.15, -0.1) is 5.10 Å². The van der Waals surface area contributed by atoms with Gasteiger partial charge in [0.1, 0.15) is 11.6 Å². The molecular weight excluding hydrogens is 352 g/mol. The van der Waals surface area contributed by atoms with Gasteiger partial charge in [0.25, 0.3) is 0 Å². The quantitative estimate of drug-likeness (QED) is 0.812. The number of nitrogens with zero attached hydrogens (tertiary/aromatic N) is 4. The number of hydrogen-bond acceptors (Lipinski definition) is 6. The van der Waals surface area contributed by atoms with Crippen molar-refractivity contribution in [1.29, 1.82) is 0 Å². The maximum Gasteiger partial charge on any atom is 0.217 e. The molecule has 2 aromatic rings. The van der Waals surface area contributed by atoms with E-state index in [9.17, 15) is 8.42 Å². The Balaban J connectivity index is 1.46. The number of rotatable bonds is 4. The number of sulfone groups is 1. The van der Waals surface area contributed by atoms with E-state index >= 15 is 0 Å². The Kier molecular flexibility index (Phi) is 4.64. The molecule has 0 radical (unpaired) electrons. The topological polar surface area (TPSA) is 81.2 Å². The first kappa shape index (κ1) is 17.7. The minimum Gasteiger partial charge on any atom is -0.458 e. The van der Waals surface area contributed by atoms with Crippen LogP contribution in [0, 0.1) is 6.92 Å². The Hall–Kier alpha value is -1.67. The smallest absolute Gasteiger partial charge is 0.217 e. The van der Waals surface area contributed by atoms with Gasteiger partial charge in [-0.2, -0.15) is 0 Å². The third kappa shape index (κ3) is 3.44. The molecule has 0 amide bonds. The van der Waals surface area contributed by atoms with Crippen LogP contribution in [0.2, 0.25) is 0 Å². The molecule has 0 saturated carbocycles. The van der Waals surface area contributed by atoms with Crippen molar-refractivity contribution in [3.05, 3.63) is 23.7 Å². The third-order valence-electron chi connectivity index (χ3n) is 5.58. The molecule has 2 aromatic heterocycles. The Morgan fingerprint density at radius 2 is 2.00 bits per heavy atom. The summed E-state index contributed by atoms with van der Waals surface area (Å²) < 4.78 is 31.1. The molecule has 142 valence electrons. The number of likely N-dealkylation sites (tertiary alicyclic amines) is 1. The second-order valence-corrected chi connectivity index (χ2v) is 9.62. The first-order valence-corrected chi connectivity index (χ1v) is 11.2. The van der Waals surface area contributed by atoms with Gasteiger partial charge in [0.05, 0.1) is 11.5 Å². The lowest BCUT2D eigenvalue weighted by Gasteiger charge is -2.35. The van der Waals surface area contributed by atoms with Gasteiger partial charge in [-0.25, -0.2) is 18.1 Å². The van der Waals surface area contributed by atoms with Gasteiger partial charge < -0.3 is 4.42 Å². The maximum atomic E-state index is 11.7. The fourth-order valence-electron chi connectivity index (χ4n) is 4.13. The van der Waals surface area contributed by atoms with Crippen LogP contribution in [0.1, 0.15) is 43.7 Å². The highest BCUT2D eigenvalue weighted by molar-refractivity contribution is 7.91. The van der Waals surface area contributed by atoms with Crippen molar-refractivity contribution in [1.82, 2.24) is 19.7 Å². The van der Waals surface area contributed by atoms with Crippen molar-refractivity contribution in [3.63, 3.8) is 0 Å². The zero-order valence-electron chi connectivity index (χ0n) is 15.4. The molecule has 2 aliphatic heterocycles. The van der Waals surface area contributed by atoms with Gasteiger partial charge >= 0.3 is 0 Å². The van der Waals surface area contributed by atoms with Crippen LogP contribution in [0.15, 0.2) is 16.5 Å². The van der Waals surface area contributed by atoms with Crippen LogP contribution >= 0.6 is 0 Å². The van der Waals surface area contributed by atoms with Crippen molar-refractivity contribution >= 4 is 9.84 Å². The van der Waals surface area contributed by atoms with Gasteiger partial charge in [0.15, 0.2) is 15.6 Å². The molecule has 26 heavy (non-hydrogen) atoms. The summed E-state index contributed by atoms with van der Waals surface area (Å²) in [6.07, 6.45) is 2.76. The molecule has 1 unspecified atom stereocenters. The SMILES string of the molecule is CCn1nc(-c2ccc(C)o2)nc1C1CCN(C2CCS(=O)(=O)C2)CC1. The number of hydrogen-bond donors (Lipinski definition) is 0. The predicted octanol–water partition coefficient (Wildman–Crippen LogP) is 2.23. The Bertz CT molecular complexity index is 878. The average Bonchev–Trinajstić information content (AvgIpc) is 3.32. The summed E-state index contributed by atoms with van der Waals surface area (Å²) in [6.45, 7) is 6.63. The van der Waals surface area contributed by atoms with E-state index in [2.05, 4.69) is 16.9 Å². The van der Waals surface area contributed by atoms with E-state index in [0.29, 0.717) is 29.0 Å². The number of piperidine rings is 1. The molecule has 2 fully saturated rings. The van der Waals surface area contributed by atoms with Crippen LogP contribution in [0.5, 0.6) is 0 Å². The lowest BCUT2D eigenvalue weighted by atomic mass is 9.94. The molecule has 7 nitrogen and oxygen atoms in total. The highest BCUT2D eigenvalue weighted by atomic mass is 32.2. The van der Waals surface area contributed by atoms with Crippen LogP contribution in [-0.2, 0) is 16.4 Å². The first-order chi connectivity index (χ1) is 12.4. The molecular formula is C18H26N4O3S. The van der Waals surface area contributed by atoms with Gasteiger partial charge in [-0.1, -0.05) is 0 Å². The van der Waals surface area contributed by atoms with E-state index in [1.165, 1.54) is 0 Å². The van der Waals surface area contributed by atoms with Crippen LogP contribution < -0.4 is 0 Å². The van der Waals surface area contributed by atoms with Crippen molar-refractivity contribution in [2.45, 2.75) is 51.6 Å². The molecule has 0 aromatic carbocycles. The number of aromatic nitrogens is 3. The Morgan fingerprint density at radius 3 is 2.58 bits per heavy atom. The molecule has 2 aliphatic rings. The second-order valence-electron chi connectivity index (χ2n) is 7.39. The number of aryl methyl sites for hydroxylation is 2. The van der Waals surface area contributed by atoms with E-state index in [0.717, 1.165) is 50.5 Å². The molecule has 4 heterocycles. The maximum absolute atomic E-state index is 11.7. The highest BCUT2D eigenvalue weighted by Gasteiger charge is 2.35. The average molecular weight is 378 g/mol. The summed E-state index contributed by atoms with van der Waals surface area (Å²) >= 11 is 0. The molecule has 2 saturated heterocycles. The fourth-order valence-corrected chi connectivity index (χ4v) is 5.90. The summed E-state index contributed by atoms with van der Waals surface area (Å²) in [6, 6.07) is 4.04. The van der Waals surface area contributed by atoms with Crippen molar-refractivity contribution in [2.24, 2.45) is 0 Å². The van der Waals surface area contributed by atoms with Gasteiger partial charge in [-0.3, -0.25) is 4.90 Å². The summed E-state index contributed by atoms with van der Waals surface area (Å²) in [7, 11) is -2.83. The van der Waals surface area contributed by atoms with Crippen LogP contribution in [-0.4, -0.2) is 58.7 Å². The van der Waals surface area contributed by atoms with E-state index in [1.807, 2.05) is 23.7 Å². The fraction of sp³-hybridized carbons (Fsp3) is 0.667. The van der Waals surface area contributed by atoms with Gasteiger partial charge in [-0.05, 0) is 58.3 Å². The van der Waals surface area contributed by atoms with Crippen molar-refractivity contribution < 1.29 is 12.8 Å². The van der Waals surface area contributed by atoms with Gasteiger partial charge in [0, 0.05) is 18.5 Å². The molecule has 0 N–H and O–H groups in total. The Labute approximate surface area is 154 Å². The third-order valence-corrected chi connectivity index (χ3v) is 7.33. The molecule has 1 atom stereocenters. The zero-order chi connectivity index (χ0) is 18.3. The lowest BCUT2D eigenvalue weighted by Crippen LogP contribution is -2.42. The molecule has 0 bridgehead atoms. The van der Waals surface area contributed by atoms with E-state index in [4.69, 9.17) is 9.40 Å². The van der Waals surface area contributed by atoms with Crippen molar-refractivity contribution in [3.8, 4) is 11.6 Å². The highest BCUT2D eigenvalue weighted by Crippen LogP contribution is 2.31. The zero-order valence-corrected chi connectivity index (χ0v) is 16.2. The Morgan fingerprint density at radius 1 is 1.23 bits per heavy atom. The first-order valence-electron chi connectivity index (χ1n) is 9.41. The lowest BCUT2D eigenvalue weighted by molar-refractivity contribution is 0.161. The summed E-state index contributed by atoms with van der Waals surface area (Å²) in [5.74, 6) is 4.27. The normalized spacial score (nSPS) is 24.3. The van der Waals surface area contributed by atoms with E-state index < -0.39 is 9.84 Å².